The van der Waals surface area contributed by atoms with E-state index >= 15 is 0 Å². The minimum Gasteiger partial charge on any atom is -0.496 e. The monoisotopic (exact) mass is 392 g/mol. The van der Waals surface area contributed by atoms with Crippen LogP contribution in [0, 0.1) is 5.82 Å². The summed E-state index contributed by atoms with van der Waals surface area (Å²) in [7, 11) is 1.58. The smallest absolute Gasteiger partial charge is 0.260 e. The number of ether oxygens (including phenoxy) is 2. The van der Waals surface area contributed by atoms with Crippen molar-refractivity contribution in [2.75, 3.05) is 39.9 Å². The Morgan fingerprint density at radius 3 is 2.56 bits per heavy atom. The van der Waals surface area contributed by atoms with Crippen molar-refractivity contribution in [1.82, 2.24) is 9.80 Å². The fourth-order valence-electron chi connectivity index (χ4n) is 3.06. The van der Waals surface area contributed by atoms with Gasteiger partial charge in [0.2, 0.25) is 0 Å². The molecule has 1 fully saturated rings. The maximum atomic E-state index is 13.5. The minimum atomic E-state index is -0.281. The number of piperazine rings is 1. The van der Waals surface area contributed by atoms with Gasteiger partial charge in [-0.15, -0.1) is 0 Å². The molecule has 27 heavy (non-hydrogen) atoms. The molecular weight excluding hydrogens is 371 g/mol. The lowest BCUT2D eigenvalue weighted by Crippen LogP contribution is -2.49. The van der Waals surface area contributed by atoms with Crippen LogP contribution in [0.25, 0.3) is 0 Å². The fraction of sp³-hybridized carbons (Fsp3) is 0.350. The molecular formula is C20H22ClFN2O3. The van der Waals surface area contributed by atoms with Crippen molar-refractivity contribution in [3.8, 4) is 11.5 Å². The second-order valence-electron chi connectivity index (χ2n) is 6.33. The average Bonchev–Trinajstić information content (AvgIpc) is 2.68. The average molecular weight is 393 g/mol. The van der Waals surface area contributed by atoms with Gasteiger partial charge in [-0.05, 0) is 30.3 Å². The second kappa shape index (κ2) is 9.06. The fourth-order valence-corrected chi connectivity index (χ4v) is 3.25. The third-order valence-corrected chi connectivity index (χ3v) is 4.86. The van der Waals surface area contributed by atoms with Crippen molar-refractivity contribution < 1.29 is 18.7 Å². The highest BCUT2D eigenvalue weighted by atomic mass is 35.5. The zero-order chi connectivity index (χ0) is 19.2. The van der Waals surface area contributed by atoms with E-state index in [1.165, 1.54) is 12.1 Å². The zero-order valence-corrected chi connectivity index (χ0v) is 15.9. The highest BCUT2D eigenvalue weighted by molar-refractivity contribution is 6.32. The van der Waals surface area contributed by atoms with Gasteiger partial charge in [0.1, 0.15) is 17.3 Å². The summed E-state index contributed by atoms with van der Waals surface area (Å²) in [5.74, 6) is 0.821. The quantitative estimate of drug-likeness (QED) is 0.757. The Labute approximate surface area is 163 Å². The first-order valence-electron chi connectivity index (χ1n) is 8.76. The maximum absolute atomic E-state index is 13.5. The molecule has 0 N–H and O–H groups in total. The molecule has 1 aliphatic heterocycles. The van der Waals surface area contributed by atoms with E-state index in [-0.39, 0.29) is 18.3 Å². The molecule has 1 amide bonds. The SMILES string of the molecule is COc1ccc(F)cc1CN1CCN(C(=O)COc2ccccc2Cl)CC1. The van der Waals surface area contributed by atoms with E-state index < -0.39 is 0 Å². The Morgan fingerprint density at radius 1 is 1.11 bits per heavy atom. The summed E-state index contributed by atoms with van der Waals surface area (Å²) in [6, 6.07) is 11.6. The van der Waals surface area contributed by atoms with E-state index in [4.69, 9.17) is 21.1 Å². The number of rotatable bonds is 6. The Kier molecular flexibility index (Phi) is 6.53. The normalized spacial score (nSPS) is 14.9. The number of methoxy groups -OCH3 is 1. The van der Waals surface area contributed by atoms with Crippen molar-refractivity contribution in [3.05, 3.63) is 58.9 Å². The summed E-state index contributed by atoms with van der Waals surface area (Å²) < 4.78 is 24.3. The van der Waals surface area contributed by atoms with Crippen LogP contribution in [-0.2, 0) is 11.3 Å². The first-order valence-corrected chi connectivity index (χ1v) is 9.14. The molecule has 144 valence electrons. The molecule has 0 aliphatic carbocycles. The van der Waals surface area contributed by atoms with Crippen molar-refractivity contribution in [1.29, 1.82) is 0 Å². The molecule has 0 atom stereocenters. The molecule has 1 aliphatic rings. The molecule has 1 saturated heterocycles. The maximum Gasteiger partial charge on any atom is 0.260 e. The molecule has 3 rings (SSSR count). The van der Waals surface area contributed by atoms with E-state index in [1.54, 1.807) is 30.2 Å². The van der Waals surface area contributed by atoms with Gasteiger partial charge in [0.25, 0.3) is 5.91 Å². The predicted molar refractivity (Wildman–Crippen MR) is 102 cm³/mol. The van der Waals surface area contributed by atoms with Crippen molar-refractivity contribution in [2.24, 2.45) is 0 Å². The number of nitrogens with zero attached hydrogens (tertiary/aromatic N) is 2. The lowest BCUT2D eigenvalue weighted by atomic mass is 10.1. The van der Waals surface area contributed by atoms with E-state index in [0.717, 1.165) is 5.56 Å². The van der Waals surface area contributed by atoms with E-state index in [0.29, 0.717) is 49.2 Å². The standard InChI is InChI=1S/C20H22ClFN2O3/c1-26-18-7-6-16(22)12-15(18)13-23-8-10-24(11-9-23)20(25)14-27-19-5-3-2-4-17(19)21/h2-7,12H,8-11,13-14H2,1H3. The number of para-hydroxylation sites is 1. The summed E-state index contributed by atoms with van der Waals surface area (Å²) >= 11 is 6.03. The number of carbonyl (C=O) groups excluding carboxylic acids is 1. The van der Waals surface area contributed by atoms with Crippen LogP contribution in [0.2, 0.25) is 5.02 Å². The molecule has 0 saturated carbocycles. The van der Waals surface area contributed by atoms with Crippen LogP contribution in [-0.4, -0.2) is 55.6 Å². The van der Waals surface area contributed by atoms with Crippen LogP contribution in [0.5, 0.6) is 11.5 Å². The molecule has 0 aromatic heterocycles. The van der Waals surface area contributed by atoms with Crippen LogP contribution in [0.1, 0.15) is 5.56 Å². The van der Waals surface area contributed by atoms with Gasteiger partial charge < -0.3 is 14.4 Å². The summed E-state index contributed by atoms with van der Waals surface area (Å²) in [5.41, 5.74) is 0.805. The van der Waals surface area contributed by atoms with Gasteiger partial charge in [0.05, 0.1) is 12.1 Å². The van der Waals surface area contributed by atoms with Crippen molar-refractivity contribution >= 4 is 17.5 Å². The van der Waals surface area contributed by atoms with Gasteiger partial charge in [0.15, 0.2) is 6.61 Å². The van der Waals surface area contributed by atoms with Gasteiger partial charge in [0, 0.05) is 38.3 Å². The molecule has 2 aromatic rings. The summed E-state index contributed by atoms with van der Waals surface area (Å²) in [6.45, 7) is 3.15. The lowest BCUT2D eigenvalue weighted by molar-refractivity contribution is -0.135. The third-order valence-electron chi connectivity index (χ3n) is 4.55. The molecule has 0 radical (unpaired) electrons. The van der Waals surface area contributed by atoms with E-state index in [1.807, 2.05) is 12.1 Å². The van der Waals surface area contributed by atoms with Crippen LogP contribution in [0.4, 0.5) is 4.39 Å². The molecule has 0 unspecified atom stereocenters. The predicted octanol–water partition coefficient (Wildman–Crippen LogP) is 3.21. The summed E-state index contributed by atoms with van der Waals surface area (Å²) in [4.78, 5) is 16.3. The topological polar surface area (TPSA) is 42.0 Å². The minimum absolute atomic E-state index is 0.0402. The molecule has 7 heteroatoms. The van der Waals surface area contributed by atoms with Gasteiger partial charge >= 0.3 is 0 Å². The van der Waals surface area contributed by atoms with Gasteiger partial charge in [-0.1, -0.05) is 23.7 Å². The zero-order valence-electron chi connectivity index (χ0n) is 15.2. The molecule has 5 nitrogen and oxygen atoms in total. The molecule has 2 aromatic carbocycles. The number of carbonyl (C=O) groups is 1. The van der Waals surface area contributed by atoms with Crippen molar-refractivity contribution in [3.63, 3.8) is 0 Å². The molecule has 1 heterocycles. The van der Waals surface area contributed by atoms with Gasteiger partial charge in [-0.3, -0.25) is 9.69 Å². The molecule has 0 spiro atoms. The second-order valence-corrected chi connectivity index (χ2v) is 6.74. The number of hydrogen-bond acceptors (Lipinski definition) is 4. The number of hydrogen-bond donors (Lipinski definition) is 0. The summed E-state index contributed by atoms with van der Waals surface area (Å²) in [5, 5.41) is 0.485. The Balaban J connectivity index is 1.49. The lowest BCUT2D eigenvalue weighted by Gasteiger charge is -2.34. The first kappa shape index (κ1) is 19.5. The largest absolute Gasteiger partial charge is 0.496 e. The summed E-state index contributed by atoms with van der Waals surface area (Å²) in [6.07, 6.45) is 0. The molecule has 0 bridgehead atoms. The number of amides is 1. The van der Waals surface area contributed by atoms with Gasteiger partial charge in [-0.2, -0.15) is 0 Å². The highest BCUT2D eigenvalue weighted by Gasteiger charge is 2.22. The van der Waals surface area contributed by atoms with Crippen LogP contribution >= 0.6 is 11.6 Å². The number of halogens is 2. The Morgan fingerprint density at radius 2 is 1.85 bits per heavy atom. The number of benzene rings is 2. The van der Waals surface area contributed by atoms with Crippen LogP contribution < -0.4 is 9.47 Å². The van der Waals surface area contributed by atoms with Crippen LogP contribution in [0.3, 0.4) is 0 Å². The third kappa shape index (κ3) is 5.11. The Hall–Kier alpha value is -2.31. The highest BCUT2D eigenvalue weighted by Crippen LogP contribution is 2.23. The van der Waals surface area contributed by atoms with Crippen LogP contribution in [0.15, 0.2) is 42.5 Å². The van der Waals surface area contributed by atoms with Gasteiger partial charge in [-0.25, -0.2) is 4.39 Å². The first-order chi connectivity index (χ1) is 13.1. The van der Waals surface area contributed by atoms with E-state index in [9.17, 15) is 9.18 Å². The van der Waals surface area contributed by atoms with E-state index in [2.05, 4.69) is 4.90 Å². The van der Waals surface area contributed by atoms with Crippen molar-refractivity contribution in [2.45, 2.75) is 6.54 Å². The Bertz CT molecular complexity index is 795.